The molecule has 0 spiro atoms. The molecule has 0 amide bonds. The van der Waals surface area contributed by atoms with Gasteiger partial charge in [-0.3, -0.25) is 4.79 Å². The lowest BCUT2D eigenvalue weighted by atomic mass is 10.00. The monoisotopic (exact) mass is 386 g/mol. The quantitative estimate of drug-likeness (QED) is 0.647. The number of ether oxygens (including phenoxy) is 2. The molecule has 1 N–H and O–H groups in total. The minimum atomic E-state index is -0.757. The van der Waals surface area contributed by atoms with Gasteiger partial charge in [-0.05, 0) is 31.2 Å². The summed E-state index contributed by atoms with van der Waals surface area (Å²) in [7, 11) is 0. The van der Waals surface area contributed by atoms with Crippen molar-refractivity contribution in [1.82, 2.24) is 4.98 Å². The highest BCUT2D eigenvalue weighted by molar-refractivity contribution is 7.22. The predicted molar refractivity (Wildman–Crippen MR) is 103 cm³/mol. The van der Waals surface area contributed by atoms with Gasteiger partial charge in [0.25, 0.3) is 0 Å². The number of aromatic nitrogens is 1. The van der Waals surface area contributed by atoms with Crippen LogP contribution in [-0.4, -0.2) is 23.7 Å². The number of rotatable bonds is 4. The molecule has 2 heterocycles. The number of fused-ring (bicyclic) bond motifs is 2. The summed E-state index contributed by atoms with van der Waals surface area (Å²) in [6.45, 7) is 2.28. The molecule has 1 aromatic heterocycles. The molecular weight excluding hydrogens is 372 g/mol. The molecule has 0 saturated carbocycles. The van der Waals surface area contributed by atoms with Crippen molar-refractivity contribution < 1.29 is 14.3 Å². The van der Waals surface area contributed by atoms with E-state index < -0.39 is 6.29 Å². The molecule has 0 saturated heterocycles. The third-order valence-corrected chi connectivity index (χ3v) is 5.18. The highest BCUT2D eigenvalue weighted by Gasteiger charge is 2.32. The molecule has 2 aromatic carbocycles. The summed E-state index contributed by atoms with van der Waals surface area (Å²) in [4.78, 5) is 17.3. The van der Waals surface area contributed by atoms with Crippen LogP contribution >= 0.6 is 22.9 Å². The Labute approximate surface area is 159 Å². The summed E-state index contributed by atoms with van der Waals surface area (Å²) >= 11 is 7.63. The number of hydrogen-bond acceptors (Lipinski definition) is 6. The van der Waals surface area contributed by atoms with Crippen LogP contribution in [0.15, 0.2) is 54.2 Å². The largest absolute Gasteiger partial charge is 0.460 e. The summed E-state index contributed by atoms with van der Waals surface area (Å²) in [5, 5.41) is 4.32. The van der Waals surface area contributed by atoms with Crippen molar-refractivity contribution in [3.05, 3.63) is 64.8 Å². The smallest absolute Gasteiger partial charge is 0.232 e. The summed E-state index contributed by atoms with van der Waals surface area (Å²) in [6, 6.07) is 12.8. The molecule has 0 unspecified atom stereocenters. The first-order valence-electron chi connectivity index (χ1n) is 8.11. The number of anilines is 1. The van der Waals surface area contributed by atoms with Crippen molar-refractivity contribution in [1.29, 1.82) is 0 Å². The van der Waals surface area contributed by atoms with Crippen molar-refractivity contribution in [3.63, 3.8) is 0 Å². The number of hydrogen-bond donors (Lipinski definition) is 1. The third-order valence-electron chi connectivity index (χ3n) is 3.92. The molecule has 0 bridgehead atoms. The Kier molecular flexibility index (Phi) is 4.63. The number of benzene rings is 2. The lowest BCUT2D eigenvalue weighted by Crippen LogP contribution is -2.33. The maximum absolute atomic E-state index is 12.8. The van der Waals surface area contributed by atoms with Gasteiger partial charge >= 0.3 is 0 Å². The zero-order chi connectivity index (χ0) is 18.1. The van der Waals surface area contributed by atoms with Crippen LogP contribution in [0, 0.1) is 0 Å². The minimum absolute atomic E-state index is 0.128. The van der Waals surface area contributed by atoms with Gasteiger partial charge in [0.2, 0.25) is 6.29 Å². The van der Waals surface area contributed by atoms with Crippen molar-refractivity contribution in [2.45, 2.75) is 13.2 Å². The Balaban J connectivity index is 1.67. The average Bonchev–Trinajstić information content (AvgIpc) is 3.06. The van der Waals surface area contributed by atoms with Crippen LogP contribution in [0.4, 0.5) is 5.13 Å². The number of carbonyl (C=O) groups is 1. The van der Waals surface area contributed by atoms with E-state index in [4.69, 9.17) is 21.1 Å². The normalized spacial score (nSPS) is 18.0. The first kappa shape index (κ1) is 17.0. The molecule has 7 heteroatoms. The second-order valence-corrected chi connectivity index (χ2v) is 7.02. The van der Waals surface area contributed by atoms with Crippen LogP contribution < -0.4 is 10.1 Å². The second kappa shape index (κ2) is 7.07. The Morgan fingerprint density at radius 2 is 2.15 bits per heavy atom. The first-order valence-corrected chi connectivity index (χ1v) is 9.30. The van der Waals surface area contributed by atoms with Crippen LogP contribution in [0.5, 0.6) is 5.75 Å². The number of Topliss-reactive ketones (excluding diaryl/α,β-unsaturated/α-hetero) is 1. The lowest BCUT2D eigenvalue weighted by Gasteiger charge is -2.27. The van der Waals surface area contributed by atoms with E-state index in [1.165, 1.54) is 11.3 Å². The Morgan fingerprint density at radius 3 is 2.96 bits per heavy atom. The van der Waals surface area contributed by atoms with Crippen LogP contribution in [-0.2, 0) is 4.74 Å². The van der Waals surface area contributed by atoms with Gasteiger partial charge in [-0.2, -0.15) is 0 Å². The number of ketones is 1. The topological polar surface area (TPSA) is 60.5 Å². The molecule has 3 aromatic rings. The molecule has 26 heavy (non-hydrogen) atoms. The number of thiazole rings is 1. The number of halogens is 1. The summed E-state index contributed by atoms with van der Waals surface area (Å²) in [6.07, 6.45) is 0.845. The summed E-state index contributed by atoms with van der Waals surface area (Å²) in [5.74, 6) is 0.400. The average molecular weight is 387 g/mol. The molecule has 1 aliphatic rings. The molecule has 0 radical (unpaired) electrons. The van der Waals surface area contributed by atoms with Gasteiger partial charge in [-0.25, -0.2) is 4.98 Å². The Bertz CT molecular complexity index is 1010. The zero-order valence-electron chi connectivity index (χ0n) is 13.9. The third kappa shape index (κ3) is 3.07. The SMILES string of the molecule is CCO[C@@H]1Oc2ccccc2C(=O)/C1=C\Nc1nc2c(Cl)cccc2s1. The molecule has 5 nitrogen and oxygen atoms in total. The van der Waals surface area contributed by atoms with Crippen LogP contribution in [0.3, 0.4) is 0 Å². The number of nitrogens with one attached hydrogen (secondary N) is 1. The molecule has 0 aliphatic carbocycles. The van der Waals surface area contributed by atoms with E-state index in [2.05, 4.69) is 10.3 Å². The number of carbonyl (C=O) groups excluding carboxylic acids is 1. The fraction of sp³-hybridized carbons (Fsp3) is 0.158. The summed E-state index contributed by atoms with van der Waals surface area (Å²) < 4.78 is 12.4. The molecule has 1 atom stereocenters. The molecule has 4 rings (SSSR count). The van der Waals surface area contributed by atoms with E-state index in [0.29, 0.717) is 33.6 Å². The van der Waals surface area contributed by atoms with Crippen molar-refractivity contribution in [2.75, 3.05) is 11.9 Å². The van der Waals surface area contributed by atoms with Gasteiger partial charge in [-0.1, -0.05) is 41.1 Å². The van der Waals surface area contributed by atoms with E-state index >= 15 is 0 Å². The minimum Gasteiger partial charge on any atom is -0.460 e. The predicted octanol–water partition coefficient (Wildman–Crippen LogP) is 4.88. The fourth-order valence-corrected chi connectivity index (χ4v) is 3.86. The second-order valence-electron chi connectivity index (χ2n) is 5.58. The zero-order valence-corrected chi connectivity index (χ0v) is 15.4. The van der Waals surface area contributed by atoms with Crippen molar-refractivity contribution in [2.24, 2.45) is 0 Å². The van der Waals surface area contributed by atoms with Gasteiger partial charge in [0.05, 0.1) is 20.9 Å². The van der Waals surface area contributed by atoms with Crippen LogP contribution in [0.2, 0.25) is 5.02 Å². The van der Waals surface area contributed by atoms with E-state index in [1.54, 1.807) is 24.4 Å². The van der Waals surface area contributed by atoms with E-state index in [0.717, 1.165) is 10.2 Å². The van der Waals surface area contributed by atoms with Crippen molar-refractivity contribution >= 4 is 44.1 Å². The van der Waals surface area contributed by atoms with Gasteiger partial charge in [0.1, 0.15) is 11.3 Å². The van der Waals surface area contributed by atoms with Gasteiger partial charge in [0.15, 0.2) is 10.9 Å². The Morgan fingerprint density at radius 1 is 1.31 bits per heavy atom. The summed E-state index contributed by atoms with van der Waals surface area (Å²) in [5.41, 5.74) is 1.65. The van der Waals surface area contributed by atoms with Gasteiger partial charge in [-0.15, -0.1) is 0 Å². The Hall–Kier alpha value is -2.41. The lowest BCUT2D eigenvalue weighted by molar-refractivity contribution is -0.0509. The highest BCUT2D eigenvalue weighted by atomic mass is 35.5. The molecular formula is C19H15ClN2O3S. The molecule has 0 fully saturated rings. The highest BCUT2D eigenvalue weighted by Crippen LogP contribution is 2.33. The number of para-hydroxylation sites is 2. The standard InChI is InChI=1S/C19H15ClN2O3S/c1-2-24-18-12(17(23)11-6-3-4-8-14(11)25-18)10-21-19-22-16-13(20)7-5-9-15(16)26-19/h3-10,18H,2H2,1H3,(H,21,22)/b12-10+/t18-/m1/s1. The van der Waals surface area contributed by atoms with Crippen molar-refractivity contribution in [3.8, 4) is 5.75 Å². The molecule has 1 aliphatic heterocycles. The maximum atomic E-state index is 12.8. The maximum Gasteiger partial charge on any atom is 0.232 e. The number of nitrogens with zero attached hydrogens (tertiary/aromatic N) is 1. The first-order chi connectivity index (χ1) is 12.7. The van der Waals surface area contributed by atoms with E-state index in [1.807, 2.05) is 31.2 Å². The van der Waals surface area contributed by atoms with Gasteiger partial charge < -0.3 is 14.8 Å². The van der Waals surface area contributed by atoms with Crippen LogP contribution in [0.25, 0.3) is 10.2 Å². The van der Waals surface area contributed by atoms with Crippen LogP contribution in [0.1, 0.15) is 17.3 Å². The van der Waals surface area contributed by atoms with E-state index in [-0.39, 0.29) is 5.78 Å². The van der Waals surface area contributed by atoms with Gasteiger partial charge in [0, 0.05) is 12.8 Å². The molecule has 132 valence electrons. The fourth-order valence-electron chi connectivity index (χ4n) is 2.72. The van der Waals surface area contributed by atoms with E-state index in [9.17, 15) is 4.79 Å².